The van der Waals surface area contributed by atoms with E-state index in [1.807, 2.05) is 24.3 Å². The highest BCUT2D eigenvalue weighted by atomic mass is 16.1. The molecule has 0 aromatic heterocycles. The molecule has 0 aliphatic heterocycles. The van der Waals surface area contributed by atoms with Gasteiger partial charge in [-0.3, -0.25) is 4.79 Å². The van der Waals surface area contributed by atoms with Gasteiger partial charge >= 0.3 is 0 Å². The van der Waals surface area contributed by atoms with Gasteiger partial charge in [-0.2, -0.15) is 0 Å². The third kappa shape index (κ3) is 2.69. The van der Waals surface area contributed by atoms with E-state index in [1.165, 1.54) is 0 Å². The summed E-state index contributed by atoms with van der Waals surface area (Å²) in [5, 5.41) is 2.91. The minimum Gasteiger partial charge on any atom is -0.399 e. The van der Waals surface area contributed by atoms with E-state index in [4.69, 9.17) is 5.73 Å². The Labute approximate surface area is 107 Å². The number of nitrogens with one attached hydrogen (secondary N) is 1. The Balaban J connectivity index is 2.21. The number of benzene rings is 2. The van der Waals surface area contributed by atoms with E-state index in [2.05, 4.69) is 12.2 Å². The third-order valence-electron chi connectivity index (χ3n) is 2.80. The predicted molar refractivity (Wildman–Crippen MR) is 74.6 cm³/mol. The van der Waals surface area contributed by atoms with Gasteiger partial charge in [0.05, 0.1) is 0 Å². The van der Waals surface area contributed by atoms with Crippen LogP contribution in [-0.2, 0) is 6.42 Å². The van der Waals surface area contributed by atoms with E-state index in [0.717, 1.165) is 17.7 Å². The van der Waals surface area contributed by atoms with Crippen molar-refractivity contribution in [2.75, 3.05) is 11.1 Å². The maximum Gasteiger partial charge on any atom is 0.255 e. The lowest BCUT2D eigenvalue weighted by atomic mass is 10.1. The number of nitrogens with two attached hydrogens (primary N) is 1. The normalized spacial score (nSPS) is 10.1. The van der Waals surface area contributed by atoms with Gasteiger partial charge in [0.1, 0.15) is 0 Å². The van der Waals surface area contributed by atoms with Gasteiger partial charge in [-0.15, -0.1) is 0 Å². The number of aryl methyl sites for hydroxylation is 1. The fourth-order valence-corrected chi connectivity index (χ4v) is 1.82. The summed E-state index contributed by atoms with van der Waals surface area (Å²) in [5.74, 6) is -0.136. The van der Waals surface area contributed by atoms with Crippen LogP contribution < -0.4 is 11.1 Å². The quantitative estimate of drug-likeness (QED) is 0.810. The molecule has 0 aliphatic carbocycles. The molecule has 0 fully saturated rings. The maximum atomic E-state index is 12.1. The van der Waals surface area contributed by atoms with Crippen LogP contribution >= 0.6 is 0 Å². The summed E-state index contributed by atoms with van der Waals surface area (Å²) in [4.78, 5) is 12.1. The molecule has 3 nitrogen and oxygen atoms in total. The van der Waals surface area contributed by atoms with Gasteiger partial charge in [-0.25, -0.2) is 0 Å². The zero-order chi connectivity index (χ0) is 13.0. The minimum atomic E-state index is -0.136. The molecule has 0 heterocycles. The van der Waals surface area contributed by atoms with Crippen molar-refractivity contribution >= 4 is 17.3 Å². The lowest BCUT2D eigenvalue weighted by Gasteiger charge is -2.09. The van der Waals surface area contributed by atoms with Crippen molar-refractivity contribution in [2.45, 2.75) is 13.3 Å². The van der Waals surface area contributed by atoms with Gasteiger partial charge in [0.15, 0.2) is 0 Å². The van der Waals surface area contributed by atoms with E-state index in [1.54, 1.807) is 24.3 Å². The zero-order valence-electron chi connectivity index (χ0n) is 10.3. The van der Waals surface area contributed by atoms with Crippen molar-refractivity contribution in [2.24, 2.45) is 0 Å². The molecular weight excluding hydrogens is 224 g/mol. The first-order valence-corrected chi connectivity index (χ1v) is 5.95. The molecule has 0 radical (unpaired) electrons. The van der Waals surface area contributed by atoms with E-state index < -0.39 is 0 Å². The monoisotopic (exact) mass is 240 g/mol. The fourth-order valence-electron chi connectivity index (χ4n) is 1.82. The molecule has 2 rings (SSSR count). The van der Waals surface area contributed by atoms with E-state index in [0.29, 0.717) is 11.3 Å². The Morgan fingerprint density at radius 1 is 1.17 bits per heavy atom. The second kappa shape index (κ2) is 5.36. The van der Waals surface area contributed by atoms with Crippen molar-refractivity contribution in [1.82, 2.24) is 0 Å². The lowest BCUT2D eigenvalue weighted by Crippen LogP contribution is -2.13. The third-order valence-corrected chi connectivity index (χ3v) is 2.80. The molecule has 3 N–H and O–H groups in total. The van der Waals surface area contributed by atoms with E-state index >= 15 is 0 Å². The topological polar surface area (TPSA) is 55.1 Å². The second-order valence-corrected chi connectivity index (χ2v) is 4.09. The number of hydrogen-bond acceptors (Lipinski definition) is 2. The first-order chi connectivity index (χ1) is 8.70. The number of anilines is 2. The van der Waals surface area contributed by atoms with Crippen molar-refractivity contribution in [3.8, 4) is 0 Å². The van der Waals surface area contributed by atoms with Gasteiger partial charge in [0, 0.05) is 16.9 Å². The number of rotatable bonds is 3. The maximum absolute atomic E-state index is 12.1. The Hall–Kier alpha value is -2.29. The molecule has 0 saturated heterocycles. The van der Waals surface area contributed by atoms with Crippen LogP contribution in [0.4, 0.5) is 11.4 Å². The Bertz CT molecular complexity index is 564. The van der Waals surface area contributed by atoms with Crippen molar-refractivity contribution < 1.29 is 4.79 Å². The second-order valence-electron chi connectivity index (χ2n) is 4.09. The van der Waals surface area contributed by atoms with Crippen LogP contribution in [-0.4, -0.2) is 5.91 Å². The van der Waals surface area contributed by atoms with Gasteiger partial charge in [-0.05, 0) is 36.2 Å². The molecule has 18 heavy (non-hydrogen) atoms. The predicted octanol–water partition coefficient (Wildman–Crippen LogP) is 3.08. The highest BCUT2D eigenvalue weighted by Crippen LogP contribution is 2.17. The molecule has 0 atom stereocenters. The van der Waals surface area contributed by atoms with Crippen LogP contribution in [0.2, 0.25) is 0 Å². The largest absolute Gasteiger partial charge is 0.399 e. The molecule has 0 aliphatic rings. The molecule has 0 unspecified atom stereocenters. The fraction of sp³-hybridized carbons (Fsp3) is 0.133. The SMILES string of the molecule is CCc1ccccc1NC(=O)c1cccc(N)c1. The molecule has 0 saturated carbocycles. The highest BCUT2D eigenvalue weighted by molar-refractivity contribution is 6.05. The van der Waals surface area contributed by atoms with Gasteiger partial charge < -0.3 is 11.1 Å². The molecule has 0 spiro atoms. The van der Waals surface area contributed by atoms with E-state index in [-0.39, 0.29) is 5.91 Å². The number of carbonyl (C=O) groups excluding carboxylic acids is 1. The van der Waals surface area contributed by atoms with Crippen LogP contribution in [0.3, 0.4) is 0 Å². The number of para-hydroxylation sites is 1. The Kier molecular flexibility index (Phi) is 3.63. The number of carbonyl (C=O) groups is 1. The number of nitrogen functional groups attached to an aromatic ring is 1. The van der Waals surface area contributed by atoms with E-state index in [9.17, 15) is 4.79 Å². The summed E-state index contributed by atoms with van der Waals surface area (Å²) in [5.41, 5.74) is 8.80. The standard InChI is InChI=1S/C15H16N2O/c1-2-11-6-3-4-9-14(11)17-15(18)12-7-5-8-13(16)10-12/h3-10H,2,16H2,1H3,(H,17,18). The molecule has 3 heteroatoms. The molecular formula is C15H16N2O. The summed E-state index contributed by atoms with van der Waals surface area (Å²) >= 11 is 0. The molecule has 1 amide bonds. The molecule has 0 bridgehead atoms. The van der Waals surface area contributed by atoms with Gasteiger partial charge in [0.2, 0.25) is 0 Å². The first-order valence-electron chi connectivity index (χ1n) is 5.95. The van der Waals surface area contributed by atoms with Gasteiger partial charge in [-0.1, -0.05) is 31.2 Å². The lowest BCUT2D eigenvalue weighted by molar-refractivity contribution is 0.102. The summed E-state index contributed by atoms with van der Waals surface area (Å²) in [6.45, 7) is 2.06. The first kappa shape index (κ1) is 12.2. The minimum absolute atomic E-state index is 0.136. The molecule has 2 aromatic rings. The average molecular weight is 240 g/mol. The summed E-state index contributed by atoms with van der Waals surface area (Å²) in [6.07, 6.45) is 0.882. The number of hydrogen-bond donors (Lipinski definition) is 2. The van der Waals surface area contributed by atoms with Crippen molar-refractivity contribution in [3.63, 3.8) is 0 Å². The van der Waals surface area contributed by atoms with Crippen LogP contribution in [0.5, 0.6) is 0 Å². The summed E-state index contributed by atoms with van der Waals surface area (Å²) in [7, 11) is 0. The van der Waals surface area contributed by atoms with Crippen LogP contribution in [0.1, 0.15) is 22.8 Å². The average Bonchev–Trinajstić information content (AvgIpc) is 2.39. The Morgan fingerprint density at radius 3 is 2.67 bits per heavy atom. The molecule has 2 aromatic carbocycles. The van der Waals surface area contributed by atoms with Gasteiger partial charge in [0.25, 0.3) is 5.91 Å². The summed E-state index contributed by atoms with van der Waals surface area (Å²) < 4.78 is 0. The van der Waals surface area contributed by atoms with Crippen LogP contribution in [0.25, 0.3) is 0 Å². The Morgan fingerprint density at radius 2 is 1.94 bits per heavy atom. The van der Waals surface area contributed by atoms with Crippen LogP contribution in [0, 0.1) is 0 Å². The zero-order valence-corrected chi connectivity index (χ0v) is 10.3. The van der Waals surface area contributed by atoms with Crippen molar-refractivity contribution in [1.29, 1.82) is 0 Å². The smallest absolute Gasteiger partial charge is 0.255 e. The summed E-state index contributed by atoms with van der Waals surface area (Å²) in [6, 6.07) is 14.7. The molecule has 92 valence electrons. The van der Waals surface area contributed by atoms with Crippen LogP contribution in [0.15, 0.2) is 48.5 Å². The number of amides is 1. The highest BCUT2D eigenvalue weighted by Gasteiger charge is 2.08. The van der Waals surface area contributed by atoms with Crippen molar-refractivity contribution in [3.05, 3.63) is 59.7 Å².